The summed E-state index contributed by atoms with van der Waals surface area (Å²) in [4.78, 5) is 0. The highest BCUT2D eigenvalue weighted by Gasteiger charge is 1.96. The van der Waals surface area contributed by atoms with Crippen molar-refractivity contribution in [2.24, 2.45) is 10.2 Å². The second kappa shape index (κ2) is 10.3. The lowest BCUT2D eigenvalue weighted by molar-refractivity contribution is 0.560. The number of hydrogen-bond donors (Lipinski definition) is 0. The van der Waals surface area contributed by atoms with E-state index in [4.69, 9.17) is 4.42 Å². The van der Waals surface area contributed by atoms with Crippen molar-refractivity contribution < 1.29 is 4.42 Å². The van der Waals surface area contributed by atoms with Gasteiger partial charge in [-0.05, 0) is 36.1 Å². The van der Waals surface area contributed by atoms with E-state index in [-0.39, 0.29) is 0 Å². The van der Waals surface area contributed by atoms with Crippen LogP contribution < -0.4 is 0 Å². The highest BCUT2D eigenvalue weighted by Crippen LogP contribution is 2.13. The second-order valence-electron chi connectivity index (χ2n) is 5.45. The van der Waals surface area contributed by atoms with Crippen LogP contribution in [0.5, 0.6) is 0 Å². The molecule has 1 heterocycles. The molecule has 0 fully saturated rings. The summed E-state index contributed by atoms with van der Waals surface area (Å²) in [5, 5.41) is 8.21. The van der Waals surface area contributed by atoms with Crippen molar-refractivity contribution in [3.8, 4) is 0 Å². The number of hydrogen-bond acceptors (Lipinski definition) is 3. The van der Waals surface area contributed by atoms with Gasteiger partial charge in [-0.2, -0.15) is 10.2 Å². The third-order valence-corrected chi connectivity index (χ3v) is 3.49. The topological polar surface area (TPSA) is 37.9 Å². The lowest BCUT2D eigenvalue weighted by atomic mass is 10.0. The first-order valence-corrected chi connectivity index (χ1v) is 8.24. The van der Waals surface area contributed by atoms with E-state index >= 15 is 0 Å². The van der Waals surface area contributed by atoms with Crippen LogP contribution in [-0.2, 0) is 0 Å². The van der Waals surface area contributed by atoms with Crippen LogP contribution in [0, 0.1) is 0 Å². The van der Waals surface area contributed by atoms with E-state index in [1.165, 1.54) is 36.8 Å². The molecule has 0 aliphatic carbocycles. The van der Waals surface area contributed by atoms with Gasteiger partial charge >= 0.3 is 0 Å². The summed E-state index contributed by atoms with van der Waals surface area (Å²) in [6, 6.07) is 14.0. The molecule has 0 N–H and O–H groups in total. The third kappa shape index (κ3) is 6.92. The molecule has 3 heteroatoms. The Morgan fingerprint density at radius 1 is 1.00 bits per heavy atom. The van der Waals surface area contributed by atoms with E-state index in [1.807, 2.05) is 36.5 Å². The molecule has 0 atom stereocenters. The van der Waals surface area contributed by atoms with Gasteiger partial charge in [-0.1, -0.05) is 62.6 Å². The average molecular weight is 308 g/mol. The lowest BCUT2D eigenvalue weighted by Crippen LogP contribution is -1.87. The maximum Gasteiger partial charge on any atom is 0.146 e. The number of nitrogens with zero attached hydrogens (tertiary/aromatic N) is 2. The molecule has 0 radical (unpaired) electrons. The van der Waals surface area contributed by atoms with E-state index in [0.717, 1.165) is 6.42 Å². The quantitative estimate of drug-likeness (QED) is 0.331. The summed E-state index contributed by atoms with van der Waals surface area (Å²) < 4.78 is 5.19. The Kier molecular flexibility index (Phi) is 7.61. The van der Waals surface area contributed by atoms with Gasteiger partial charge in [-0.15, -0.1) is 0 Å². The Hall–Kier alpha value is -2.42. The van der Waals surface area contributed by atoms with Gasteiger partial charge in [0.25, 0.3) is 0 Å². The van der Waals surface area contributed by atoms with Crippen molar-refractivity contribution in [2.75, 3.05) is 0 Å². The zero-order chi connectivity index (χ0) is 16.2. The third-order valence-electron chi connectivity index (χ3n) is 3.49. The Morgan fingerprint density at radius 2 is 1.87 bits per heavy atom. The summed E-state index contributed by atoms with van der Waals surface area (Å²) >= 11 is 0. The molecule has 0 aliphatic rings. The Labute approximate surface area is 138 Å². The molecule has 0 unspecified atom stereocenters. The number of furan rings is 1. The fourth-order valence-corrected chi connectivity index (χ4v) is 2.26. The number of allylic oxidation sites excluding steroid dienone is 1. The molecular formula is C20H24N2O. The van der Waals surface area contributed by atoms with Crippen molar-refractivity contribution in [3.63, 3.8) is 0 Å². The molecule has 0 amide bonds. The number of unbranched alkanes of at least 4 members (excludes halogenated alkanes) is 3. The first-order chi connectivity index (χ1) is 11.4. The molecule has 0 saturated carbocycles. The van der Waals surface area contributed by atoms with Crippen LogP contribution in [0.4, 0.5) is 0 Å². The molecule has 0 bridgehead atoms. The van der Waals surface area contributed by atoms with Crippen LogP contribution in [0.25, 0.3) is 6.08 Å². The smallest absolute Gasteiger partial charge is 0.146 e. The first kappa shape index (κ1) is 16.9. The summed E-state index contributed by atoms with van der Waals surface area (Å²) in [7, 11) is 0. The van der Waals surface area contributed by atoms with Crippen molar-refractivity contribution in [3.05, 3.63) is 65.6 Å². The lowest BCUT2D eigenvalue weighted by Gasteiger charge is -2.02. The standard InChI is InChI=1S/C20H24N2O/c1-2-3-4-6-12-19(15-18-10-7-5-8-11-18)16-21-22-17-20-13-9-14-23-20/h5,7-11,13-17H,2-4,6,12H2,1H3/b19-15+,21-16-,22-17+. The number of rotatable bonds is 9. The fraction of sp³-hybridized carbons (Fsp3) is 0.300. The molecule has 1 aromatic heterocycles. The van der Waals surface area contributed by atoms with Crippen molar-refractivity contribution in [1.29, 1.82) is 0 Å². The van der Waals surface area contributed by atoms with Crippen molar-refractivity contribution in [2.45, 2.75) is 39.0 Å². The maximum atomic E-state index is 5.19. The first-order valence-electron chi connectivity index (χ1n) is 8.24. The van der Waals surface area contributed by atoms with Gasteiger partial charge in [0.15, 0.2) is 0 Å². The second-order valence-corrected chi connectivity index (χ2v) is 5.45. The molecule has 23 heavy (non-hydrogen) atoms. The molecule has 0 saturated heterocycles. The minimum absolute atomic E-state index is 0.707. The van der Waals surface area contributed by atoms with Crippen LogP contribution in [0.15, 0.2) is 68.9 Å². The van der Waals surface area contributed by atoms with Gasteiger partial charge in [-0.25, -0.2) is 0 Å². The highest BCUT2D eigenvalue weighted by atomic mass is 16.3. The Balaban J connectivity index is 1.99. The van der Waals surface area contributed by atoms with Gasteiger partial charge in [0.05, 0.1) is 18.7 Å². The van der Waals surface area contributed by atoms with E-state index in [1.54, 1.807) is 12.5 Å². The van der Waals surface area contributed by atoms with Crippen molar-refractivity contribution >= 4 is 18.5 Å². The van der Waals surface area contributed by atoms with E-state index in [0.29, 0.717) is 5.76 Å². The Bertz CT molecular complexity index is 625. The predicted octanol–water partition coefficient (Wildman–Crippen LogP) is 5.74. The van der Waals surface area contributed by atoms with E-state index in [2.05, 4.69) is 35.3 Å². The normalized spacial score (nSPS) is 12.5. The summed E-state index contributed by atoms with van der Waals surface area (Å²) in [6.07, 6.45) is 13.3. The molecule has 2 rings (SSSR count). The molecule has 120 valence electrons. The van der Waals surface area contributed by atoms with E-state index < -0.39 is 0 Å². The van der Waals surface area contributed by atoms with Crippen LogP contribution in [0.2, 0.25) is 0 Å². The van der Waals surface area contributed by atoms with E-state index in [9.17, 15) is 0 Å². The van der Waals surface area contributed by atoms with Gasteiger partial charge in [0, 0.05) is 0 Å². The average Bonchev–Trinajstić information content (AvgIpc) is 3.09. The van der Waals surface area contributed by atoms with Gasteiger partial charge in [0.1, 0.15) is 5.76 Å². The summed E-state index contributed by atoms with van der Waals surface area (Å²) in [6.45, 7) is 2.23. The van der Waals surface area contributed by atoms with Crippen LogP contribution in [0.1, 0.15) is 50.4 Å². The van der Waals surface area contributed by atoms with Gasteiger partial charge in [-0.3, -0.25) is 0 Å². The molecule has 0 spiro atoms. The predicted molar refractivity (Wildman–Crippen MR) is 98.0 cm³/mol. The molecule has 0 aliphatic heterocycles. The van der Waals surface area contributed by atoms with Gasteiger partial charge in [0.2, 0.25) is 0 Å². The van der Waals surface area contributed by atoms with Gasteiger partial charge < -0.3 is 4.42 Å². The molecular weight excluding hydrogens is 284 g/mol. The maximum absolute atomic E-state index is 5.19. The largest absolute Gasteiger partial charge is 0.463 e. The van der Waals surface area contributed by atoms with Crippen molar-refractivity contribution in [1.82, 2.24) is 0 Å². The van der Waals surface area contributed by atoms with Crippen LogP contribution in [0.3, 0.4) is 0 Å². The summed E-state index contributed by atoms with van der Waals surface area (Å²) in [5.41, 5.74) is 2.39. The summed E-state index contributed by atoms with van der Waals surface area (Å²) in [5.74, 6) is 0.707. The number of benzene rings is 1. The monoisotopic (exact) mass is 308 g/mol. The zero-order valence-electron chi connectivity index (χ0n) is 13.7. The Morgan fingerprint density at radius 3 is 2.61 bits per heavy atom. The molecule has 3 nitrogen and oxygen atoms in total. The van der Waals surface area contributed by atoms with Crippen LogP contribution in [-0.4, -0.2) is 12.4 Å². The minimum Gasteiger partial charge on any atom is -0.463 e. The van der Waals surface area contributed by atoms with Crippen LogP contribution >= 0.6 is 0 Å². The highest BCUT2D eigenvalue weighted by molar-refractivity contribution is 5.86. The molecule has 1 aromatic carbocycles. The molecule has 2 aromatic rings. The minimum atomic E-state index is 0.707. The fourth-order valence-electron chi connectivity index (χ4n) is 2.26. The SMILES string of the molecule is CCCCCCC(/C=N\N=C\c1ccco1)=C\c1ccccc1. The zero-order valence-corrected chi connectivity index (χ0v) is 13.7.